The Bertz CT molecular complexity index is 1120. The number of halogens is 3. The molecule has 7 nitrogen and oxygen atoms in total. The molecule has 0 saturated carbocycles. The number of nitrogens with one attached hydrogen (secondary N) is 2. The summed E-state index contributed by atoms with van der Waals surface area (Å²) in [6, 6.07) is 6.99. The number of benzene rings is 2. The van der Waals surface area contributed by atoms with Gasteiger partial charge in [-0.05, 0) is 42.3 Å². The van der Waals surface area contributed by atoms with Crippen LogP contribution in [0, 0.1) is 23.0 Å². The van der Waals surface area contributed by atoms with Crippen LogP contribution in [0.25, 0.3) is 0 Å². The van der Waals surface area contributed by atoms with E-state index in [1.807, 2.05) is 0 Å². The highest BCUT2D eigenvalue weighted by Gasteiger charge is 2.40. The first-order valence-electron chi connectivity index (χ1n) is 8.33. The maximum atomic E-state index is 14.0. The molecule has 2 atom stereocenters. The lowest BCUT2D eigenvalue weighted by Gasteiger charge is -2.36. The Morgan fingerprint density at radius 2 is 2.00 bits per heavy atom. The molecule has 0 bridgehead atoms. The molecule has 1 fully saturated rings. The van der Waals surface area contributed by atoms with Crippen molar-refractivity contribution in [2.75, 3.05) is 12.4 Å². The Balaban J connectivity index is 1.87. The zero-order valence-corrected chi connectivity index (χ0v) is 16.6. The van der Waals surface area contributed by atoms with Gasteiger partial charge >= 0.3 is 0 Å². The summed E-state index contributed by atoms with van der Waals surface area (Å²) in [5.74, 6) is -2.10. The van der Waals surface area contributed by atoms with Crippen molar-refractivity contribution in [3.8, 4) is 6.07 Å². The molecule has 1 aliphatic heterocycles. The first-order valence-corrected chi connectivity index (χ1v) is 10.1. The van der Waals surface area contributed by atoms with Gasteiger partial charge in [0.15, 0.2) is 0 Å². The Labute approximate surface area is 171 Å². The minimum absolute atomic E-state index is 0.00182. The maximum absolute atomic E-state index is 14.0. The number of nitriles is 1. The van der Waals surface area contributed by atoms with E-state index in [4.69, 9.17) is 16.9 Å². The molecule has 2 aromatic rings. The van der Waals surface area contributed by atoms with Crippen LogP contribution < -0.4 is 10.0 Å². The molecule has 0 aromatic heterocycles. The summed E-state index contributed by atoms with van der Waals surface area (Å²) in [7, 11) is -2.80. The van der Waals surface area contributed by atoms with Crippen molar-refractivity contribution in [2.24, 2.45) is 0 Å². The van der Waals surface area contributed by atoms with Gasteiger partial charge in [0.05, 0.1) is 16.6 Å². The van der Waals surface area contributed by atoms with E-state index < -0.39 is 39.8 Å². The van der Waals surface area contributed by atoms with Gasteiger partial charge in [0.1, 0.15) is 23.7 Å². The molecule has 0 spiro atoms. The third kappa shape index (κ3) is 4.38. The van der Waals surface area contributed by atoms with Crippen LogP contribution in [0.1, 0.15) is 23.6 Å². The molecule has 29 heavy (non-hydrogen) atoms. The van der Waals surface area contributed by atoms with Crippen molar-refractivity contribution in [3.63, 3.8) is 0 Å². The summed E-state index contributed by atoms with van der Waals surface area (Å²) < 4.78 is 55.4. The normalized spacial score (nSPS) is 21.3. The van der Waals surface area contributed by atoms with E-state index in [1.54, 1.807) is 6.07 Å². The first kappa shape index (κ1) is 21.1. The smallest absolute Gasteiger partial charge is 0.280 e. The van der Waals surface area contributed by atoms with E-state index in [-0.39, 0.29) is 28.3 Å². The Kier molecular flexibility index (Phi) is 5.86. The molecule has 0 aliphatic carbocycles. The van der Waals surface area contributed by atoms with Gasteiger partial charge in [-0.15, -0.1) is 0 Å². The van der Waals surface area contributed by atoms with Crippen LogP contribution in [0.2, 0.25) is 5.02 Å². The highest BCUT2D eigenvalue weighted by atomic mass is 35.5. The fourth-order valence-corrected chi connectivity index (χ4v) is 4.42. The molecular weight excluding hydrogens is 426 g/mol. The van der Waals surface area contributed by atoms with Crippen LogP contribution in [0.4, 0.5) is 14.5 Å². The predicted molar refractivity (Wildman–Crippen MR) is 102 cm³/mol. The molecule has 1 saturated heterocycles. The summed E-state index contributed by atoms with van der Waals surface area (Å²) in [5.41, 5.74) is 0.305. The molecule has 11 heteroatoms. The van der Waals surface area contributed by atoms with E-state index in [9.17, 15) is 22.0 Å². The number of rotatable bonds is 3. The topological polar surface area (TPSA) is 102 Å². The van der Waals surface area contributed by atoms with Crippen LogP contribution in [0.5, 0.6) is 0 Å². The van der Waals surface area contributed by atoms with Crippen LogP contribution in [0.3, 0.4) is 0 Å². The molecule has 1 heterocycles. The summed E-state index contributed by atoms with van der Waals surface area (Å²) in [5, 5.41) is 11.1. The largest absolute Gasteiger partial charge is 0.325 e. The molecule has 0 unspecified atom stereocenters. The second kappa shape index (κ2) is 8.04. The molecule has 1 aliphatic rings. The number of carbonyl (C=O) groups excluding carboxylic acids is 1. The van der Waals surface area contributed by atoms with Crippen molar-refractivity contribution in [3.05, 3.63) is 64.2 Å². The predicted octanol–water partition coefficient (Wildman–Crippen LogP) is 2.71. The number of carbonyl (C=O) groups is 1. The number of amides is 1. The standard InChI is InChI=1S/C18H15ClF2N4O3S/c1-25-17(18(26)23-12-4-5-14(20)13(19)7-12)8-16(24-29(25,27)28)10-2-3-11(9-22)15(21)6-10/h2-7,16-17,24H,8H2,1H3,(H,23,26)/t16-,17+/m0/s1. The van der Waals surface area contributed by atoms with Gasteiger partial charge in [0.25, 0.3) is 10.2 Å². The lowest BCUT2D eigenvalue weighted by molar-refractivity contribution is -0.120. The zero-order chi connectivity index (χ0) is 21.3. The second-order valence-corrected chi connectivity index (χ2v) is 8.58. The van der Waals surface area contributed by atoms with Crippen LogP contribution in [-0.4, -0.2) is 31.7 Å². The molecule has 152 valence electrons. The van der Waals surface area contributed by atoms with Crippen molar-refractivity contribution in [1.29, 1.82) is 5.26 Å². The van der Waals surface area contributed by atoms with Crippen molar-refractivity contribution >= 4 is 33.4 Å². The number of likely N-dealkylation sites (N-methyl/N-ethyl adjacent to an activating group) is 1. The van der Waals surface area contributed by atoms with Crippen molar-refractivity contribution in [1.82, 2.24) is 9.03 Å². The molecule has 0 radical (unpaired) electrons. The highest BCUT2D eigenvalue weighted by molar-refractivity contribution is 7.87. The van der Waals surface area contributed by atoms with Gasteiger partial charge in [-0.2, -0.15) is 22.7 Å². The number of hydrogen-bond acceptors (Lipinski definition) is 4. The second-order valence-electron chi connectivity index (χ2n) is 6.41. The number of hydrogen-bond donors (Lipinski definition) is 2. The Morgan fingerprint density at radius 1 is 1.28 bits per heavy atom. The summed E-state index contributed by atoms with van der Waals surface area (Å²) in [6.45, 7) is 0. The van der Waals surface area contributed by atoms with Crippen LogP contribution in [-0.2, 0) is 15.0 Å². The highest BCUT2D eigenvalue weighted by Crippen LogP contribution is 2.29. The molecule has 2 aromatic carbocycles. The summed E-state index contributed by atoms with van der Waals surface area (Å²) >= 11 is 5.70. The van der Waals surface area contributed by atoms with E-state index in [2.05, 4.69) is 10.0 Å². The first-order chi connectivity index (χ1) is 13.6. The van der Waals surface area contributed by atoms with Gasteiger partial charge in [-0.3, -0.25) is 4.79 Å². The van der Waals surface area contributed by atoms with E-state index in [0.29, 0.717) is 0 Å². The average Bonchev–Trinajstić information content (AvgIpc) is 2.66. The maximum Gasteiger partial charge on any atom is 0.280 e. The van der Waals surface area contributed by atoms with Gasteiger partial charge in [0, 0.05) is 12.7 Å². The summed E-state index contributed by atoms with van der Waals surface area (Å²) in [6.07, 6.45) is 0.00182. The quantitative estimate of drug-likeness (QED) is 0.766. The minimum atomic E-state index is -4.04. The number of anilines is 1. The van der Waals surface area contributed by atoms with E-state index in [0.717, 1.165) is 16.4 Å². The monoisotopic (exact) mass is 440 g/mol. The third-order valence-corrected chi connectivity index (χ3v) is 6.46. The van der Waals surface area contributed by atoms with Gasteiger partial charge < -0.3 is 5.32 Å². The molecule has 3 rings (SSSR count). The fraction of sp³-hybridized carbons (Fsp3) is 0.222. The summed E-state index contributed by atoms with van der Waals surface area (Å²) in [4.78, 5) is 12.7. The van der Waals surface area contributed by atoms with E-state index >= 15 is 0 Å². The van der Waals surface area contributed by atoms with Gasteiger partial charge in [-0.25, -0.2) is 8.78 Å². The molecule has 1 amide bonds. The minimum Gasteiger partial charge on any atom is -0.325 e. The van der Waals surface area contributed by atoms with Crippen LogP contribution >= 0.6 is 11.6 Å². The van der Waals surface area contributed by atoms with E-state index in [1.165, 1.54) is 31.3 Å². The molecule has 2 N–H and O–H groups in total. The van der Waals surface area contributed by atoms with Crippen molar-refractivity contribution in [2.45, 2.75) is 18.5 Å². The van der Waals surface area contributed by atoms with Crippen LogP contribution in [0.15, 0.2) is 36.4 Å². The van der Waals surface area contributed by atoms with Gasteiger partial charge in [-0.1, -0.05) is 17.7 Å². The Hall–Kier alpha value is -2.58. The zero-order valence-electron chi connectivity index (χ0n) is 15.0. The number of nitrogens with zero attached hydrogens (tertiary/aromatic N) is 2. The average molecular weight is 441 g/mol. The Morgan fingerprint density at radius 3 is 2.62 bits per heavy atom. The van der Waals surface area contributed by atoms with Gasteiger partial charge in [0.2, 0.25) is 5.91 Å². The lowest BCUT2D eigenvalue weighted by atomic mass is 9.98. The molecular formula is C18H15ClF2N4O3S. The van der Waals surface area contributed by atoms with Crippen molar-refractivity contribution < 1.29 is 22.0 Å². The third-order valence-electron chi connectivity index (χ3n) is 4.57. The fourth-order valence-electron chi connectivity index (χ4n) is 2.96. The lowest BCUT2D eigenvalue weighted by Crippen LogP contribution is -2.55. The SMILES string of the molecule is CN1[C@@H](C(=O)Nc2ccc(F)c(Cl)c2)C[C@@H](c2ccc(C#N)c(F)c2)NS1(=O)=O.